The first kappa shape index (κ1) is 42.7. The summed E-state index contributed by atoms with van der Waals surface area (Å²) >= 11 is 3.00. The number of carbonyl (C=O) groups excluding carboxylic acids is 5. The van der Waals surface area contributed by atoms with Crippen LogP contribution in [0.25, 0.3) is 0 Å². The Kier molecular flexibility index (Phi) is 10.5. The molecule has 0 unspecified atom stereocenters. The number of alkyl halides is 3. The molecule has 1 saturated heterocycles. The van der Waals surface area contributed by atoms with E-state index in [1.54, 1.807) is 6.92 Å². The van der Waals surface area contributed by atoms with E-state index < -0.39 is 93.7 Å². The second-order valence-corrected chi connectivity index (χ2v) is 19.9. The van der Waals surface area contributed by atoms with Gasteiger partial charge in [-0.1, -0.05) is 41.1 Å². The van der Waals surface area contributed by atoms with E-state index in [0.717, 1.165) is 36.9 Å². The molecule has 1 aromatic carbocycles. The number of allylic oxidation sites excluding steroid dienone is 4. The molecule has 7 fully saturated rings. The van der Waals surface area contributed by atoms with Crippen LogP contribution < -0.4 is 20.9 Å². The zero-order valence-corrected chi connectivity index (χ0v) is 35.4. The lowest BCUT2D eigenvalue weighted by Crippen LogP contribution is -2.76. The minimum atomic E-state index is -2.25. The molecule has 60 heavy (non-hydrogen) atoms. The highest BCUT2D eigenvalue weighted by molar-refractivity contribution is 9.09. The first-order valence-corrected chi connectivity index (χ1v) is 22.0. The number of Topliss-reactive ketones (excluding diaryl/α,β-unsaturated/α-hetero) is 1. The highest BCUT2D eigenvalue weighted by Gasteiger charge is 2.78. The van der Waals surface area contributed by atoms with Crippen molar-refractivity contribution in [3.8, 4) is 0 Å². The lowest BCUT2D eigenvalue weighted by atomic mass is 9.38. The molecule has 3 amide bonds. The van der Waals surface area contributed by atoms with Crippen LogP contribution in [0.15, 0.2) is 48.1 Å². The Labute approximate surface area is 355 Å². The van der Waals surface area contributed by atoms with Crippen LogP contribution in [0.1, 0.15) is 70.8 Å². The summed E-state index contributed by atoms with van der Waals surface area (Å²) in [5.74, 6) is -4.93. The monoisotopic (exact) mass is 898 g/mol. The third-order valence-corrected chi connectivity index (χ3v) is 16.6. The molecule has 10 atom stereocenters. The van der Waals surface area contributed by atoms with Crippen molar-refractivity contribution in [2.75, 3.05) is 36.5 Å². The molecule has 324 valence electrons. The fourth-order valence-electron chi connectivity index (χ4n) is 13.6. The van der Waals surface area contributed by atoms with Gasteiger partial charge in [0.1, 0.15) is 18.8 Å². The molecule has 1 aliphatic heterocycles. The van der Waals surface area contributed by atoms with E-state index in [4.69, 9.17) is 0 Å². The number of rotatable bonds is 14. The third-order valence-electron chi connectivity index (χ3n) is 16.1. The molecule has 13 nitrogen and oxygen atoms in total. The first-order chi connectivity index (χ1) is 28.3. The molecule has 1 heterocycles. The summed E-state index contributed by atoms with van der Waals surface area (Å²) in [6.45, 7) is 3.18. The summed E-state index contributed by atoms with van der Waals surface area (Å²) in [4.78, 5) is 76.9. The van der Waals surface area contributed by atoms with Gasteiger partial charge in [-0.3, -0.25) is 28.8 Å². The van der Waals surface area contributed by atoms with E-state index in [9.17, 15) is 44.1 Å². The predicted octanol–water partition coefficient (Wildman–Crippen LogP) is 3.04. The molecular weight excluding hydrogens is 846 g/mol. The van der Waals surface area contributed by atoms with E-state index in [1.165, 1.54) is 18.2 Å². The summed E-state index contributed by atoms with van der Waals surface area (Å²) in [6.07, 6.45) is 3.48. The third kappa shape index (κ3) is 6.39. The number of aliphatic hydroxyl groups excluding tert-OH is 2. The number of anilines is 1. The van der Waals surface area contributed by atoms with Gasteiger partial charge in [0, 0.05) is 42.1 Å². The Morgan fingerprint density at radius 1 is 1.03 bits per heavy atom. The standard InChI is InChI=1S/C44H53BrF2N4O9/c1-39-10-9-27(53)12-30(39)31(46)13-29-28-11-25-18-51(23-43(25,34(55)19-52)40(28,2)15-33(54)44(29,39)47)26-5-3-24(4-6-26)14-41-20-42(21-41,22-41)50-38(60)32(7-8-37(58)59)49-36(57)17-48-35(56)16-45/h3-6,9-10,12,25,28-29,31-33,52,54H,7-8,11,13-23H2,1-2H3,(H,48,56)(H,49,57)(H,50,60)(H,58,59)/t25-,28-,29-,31-,32-,33-,39-,40-,41?,42?,43+,44-/m0/s1. The number of carboxylic acids is 1. The number of hydrogen-bond acceptors (Lipinski definition) is 9. The second kappa shape index (κ2) is 14.8. The van der Waals surface area contributed by atoms with Gasteiger partial charge in [-0.25, -0.2) is 8.78 Å². The highest BCUT2D eigenvalue weighted by atomic mass is 79.9. The Hall–Kier alpha value is -4.02. The summed E-state index contributed by atoms with van der Waals surface area (Å²) < 4.78 is 33.8. The largest absolute Gasteiger partial charge is 0.481 e. The Morgan fingerprint density at radius 3 is 2.38 bits per heavy atom. The van der Waals surface area contributed by atoms with E-state index in [0.29, 0.717) is 13.0 Å². The number of carbonyl (C=O) groups is 6. The SMILES string of the molecule is C[C@]12C=CC(=O)C=C1[C@@H](F)C[C@H]1[C@@H]3C[C@H]4CN(c5ccc(CC67CC(NC(=O)[C@H](CCC(=O)O)NC(=O)CNC(=O)CBr)(C6)C7)cc5)C[C@@]4(C(=O)CO)[C@@]3(C)C[C@H](O)[C@@]12F. The maximum Gasteiger partial charge on any atom is 0.303 e. The zero-order chi connectivity index (χ0) is 43.2. The normalized spacial score (nSPS) is 39.7. The van der Waals surface area contributed by atoms with E-state index in [1.807, 2.05) is 31.2 Å². The van der Waals surface area contributed by atoms with Crippen molar-refractivity contribution in [1.29, 1.82) is 0 Å². The number of nitrogens with one attached hydrogen (secondary N) is 3. The number of nitrogens with zero attached hydrogens (tertiary/aromatic N) is 1. The molecule has 8 aliphatic rings. The summed E-state index contributed by atoms with van der Waals surface area (Å²) in [5.41, 5.74) is -4.20. The van der Waals surface area contributed by atoms with Crippen molar-refractivity contribution in [3.05, 3.63) is 53.6 Å². The smallest absolute Gasteiger partial charge is 0.303 e. The topological polar surface area (TPSA) is 202 Å². The van der Waals surface area contributed by atoms with Crippen molar-refractivity contribution < 1.29 is 52.9 Å². The molecule has 6 saturated carbocycles. The lowest BCUT2D eigenvalue weighted by molar-refractivity contribution is -0.210. The predicted molar refractivity (Wildman–Crippen MR) is 217 cm³/mol. The first-order valence-electron chi connectivity index (χ1n) is 20.9. The van der Waals surface area contributed by atoms with Crippen molar-refractivity contribution in [2.24, 2.45) is 39.4 Å². The van der Waals surface area contributed by atoms with Crippen LogP contribution in [0, 0.1) is 39.4 Å². The summed E-state index contributed by atoms with van der Waals surface area (Å²) in [7, 11) is 0. The van der Waals surface area contributed by atoms with Crippen LogP contribution in [-0.4, -0.2) is 112 Å². The average molecular weight is 900 g/mol. The maximum atomic E-state index is 17.8. The van der Waals surface area contributed by atoms with E-state index >= 15 is 8.78 Å². The molecule has 2 bridgehead atoms. The molecule has 1 aromatic rings. The van der Waals surface area contributed by atoms with Crippen LogP contribution >= 0.6 is 15.9 Å². The Morgan fingerprint density at radius 2 is 1.73 bits per heavy atom. The number of carboxylic acid groups (broad SMARTS) is 1. The fourth-order valence-corrected chi connectivity index (χ4v) is 13.7. The van der Waals surface area contributed by atoms with Crippen molar-refractivity contribution in [3.63, 3.8) is 0 Å². The molecule has 0 radical (unpaired) electrons. The van der Waals surface area contributed by atoms with E-state index in [2.05, 4.69) is 36.8 Å². The van der Waals surface area contributed by atoms with Gasteiger partial charge in [-0.05, 0) is 116 Å². The van der Waals surface area contributed by atoms with E-state index in [-0.39, 0.29) is 66.8 Å². The van der Waals surface area contributed by atoms with Crippen LogP contribution in [0.4, 0.5) is 14.5 Å². The van der Waals surface area contributed by atoms with Crippen LogP contribution in [0.3, 0.4) is 0 Å². The van der Waals surface area contributed by atoms with Crippen molar-refractivity contribution in [1.82, 2.24) is 16.0 Å². The molecule has 0 spiro atoms. The Bertz CT molecular complexity index is 2060. The lowest BCUT2D eigenvalue weighted by Gasteiger charge is -2.71. The quantitative estimate of drug-likeness (QED) is 0.151. The van der Waals surface area contributed by atoms with Crippen LogP contribution in [0.2, 0.25) is 0 Å². The van der Waals surface area contributed by atoms with Crippen LogP contribution in [0.5, 0.6) is 0 Å². The number of hydrogen-bond donors (Lipinski definition) is 6. The van der Waals surface area contributed by atoms with Gasteiger partial charge < -0.3 is 36.2 Å². The maximum absolute atomic E-state index is 17.8. The van der Waals surface area contributed by atoms with Gasteiger partial charge in [0.25, 0.3) is 0 Å². The molecule has 6 N–H and O–H groups in total. The number of benzene rings is 1. The average Bonchev–Trinajstić information content (AvgIpc) is 3.68. The molecular formula is C44H53BrF2N4O9. The van der Waals surface area contributed by atoms with Gasteiger partial charge in [0.05, 0.1) is 23.4 Å². The number of ketones is 2. The Balaban J connectivity index is 0.920. The number of amides is 3. The fraction of sp³-hybridized carbons (Fsp3) is 0.636. The summed E-state index contributed by atoms with van der Waals surface area (Å²) in [6, 6.07) is 7.05. The van der Waals surface area contributed by atoms with Crippen LogP contribution in [-0.2, 0) is 35.2 Å². The minimum Gasteiger partial charge on any atom is -0.481 e. The molecule has 7 aliphatic carbocycles. The van der Waals surface area contributed by atoms with Crippen molar-refractivity contribution in [2.45, 2.75) is 101 Å². The number of halogens is 3. The summed E-state index contributed by atoms with van der Waals surface area (Å²) in [5, 5.41) is 39.5. The number of fused-ring (bicyclic) bond motifs is 7. The van der Waals surface area contributed by atoms with Gasteiger partial charge in [0.15, 0.2) is 17.2 Å². The second-order valence-electron chi connectivity index (χ2n) is 19.3. The zero-order valence-electron chi connectivity index (χ0n) is 33.8. The number of aliphatic carboxylic acids is 1. The van der Waals surface area contributed by atoms with Gasteiger partial charge in [-0.15, -0.1) is 0 Å². The van der Waals surface area contributed by atoms with Crippen molar-refractivity contribution >= 4 is 56.9 Å². The molecule has 9 rings (SSSR count). The highest BCUT2D eigenvalue weighted by Crippen LogP contribution is 2.75. The minimum absolute atomic E-state index is 0.0103. The van der Waals surface area contributed by atoms with Gasteiger partial charge in [0.2, 0.25) is 17.7 Å². The van der Waals surface area contributed by atoms with Gasteiger partial charge in [-0.2, -0.15) is 0 Å². The van der Waals surface area contributed by atoms with Gasteiger partial charge >= 0.3 is 5.97 Å². The molecule has 16 heteroatoms. The molecule has 0 aromatic heterocycles. The number of aliphatic hydroxyl groups is 2.